The summed E-state index contributed by atoms with van der Waals surface area (Å²) in [6.07, 6.45) is -2.39. The summed E-state index contributed by atoms with van der Waals surface area (Å²) < 4.78 is 40.5. The molecule has 0 aromatic rings. The Hall–Kier alpha value is -1.07. The molecule has 6 heteroatoms. The standard InChI is InChI=1S/C6H7F3O3/c1-3(7)4(10)6(8,9)5(11)12-2/h3H,1-2H3. The number of carbonyl (C=O) groups excluding carboxylic acids is 2. The number of esters is 1. The number of hydrogen-bond donors (Lipinski definition) is 0. The predicted octanol–water partition coefficient (Wildman–Crippen LogP) is 0.722. The van der Waals surface area contributed by atoms with Gasteiger partial charge in [0.15, 0.2) is 6.17 Å². The Morgan fingerprint density at radius 2 is 1.83 bits per heavy atom. The highest BCUT2D eigenvalue weighted by atomic mass is 19.3. The van der Waals surface area contributed by atoms with E-state index in [-0.39, 0.29) is 0 Å². The van der Waals surface area contributed by atoms with Crippen molar-refractivity contribution in [2.75, 3.05) is 7.11 Å². The van der Waals surface area contributed by atoms with Crippen molar-refractivity contribution in [3.8, 4) is 0 Å². The summed E-state index contributed by atoms with van der Waals surface area (Å²) in [6.45, 7) is 0.624. The van der Waals surface area contributed by atoms with Crippen molar-refractivity contribution in [3.05, 3.63) is 0 Å². The summed E-state index contributed by atoms with van der Waals surface area (Å²) in [4.78, 5) is 20.6. The lowest BCUT2D eigenvalue weighted by molar-refractivity contribution is -0.176. The quantitative estimate of drug-likeness (QED) is 0.479. The molecule has 0 fully saturated rings. The van der Waals surface area contributed by atoms with Crippen molar-refractivity contribution < 1.29 is 27.5 Å². The number of ether oxygens (including phenoxy) is 1. The van der Waals surface area contributed by atoms with Crippen LogP contribution in [0.2, 0.25) is 0 Å². The summed E-state index contributed by atoms with van der Waals surface area (Å²) in [5.74, 6) is -8.52. The molecule has 0 aromatic heterocycles. The van der Waals surface area contributed by atoms with Gasteiger partial charge >= 0.3 is 11.9 Å². The first-order chi connectivity index (χ1) is 5.34. The third kappa shape index (κ3) is 1.96. The molecule has 0 N–H and O–H groups in total. The zero-order chi connectivity index (χ0) is 9.94. The zero-order valence-corrected chi connectivity index (χ0v) is 6.44. The van der Waals surface area contributed by atoms with Gasteiger partial charge < -0.3 is 4.74 Å². The van der Waals surface area contributed by atoms with E-state index in [1.165, 1.54) is 0 Å². The molecule has 0 aliphatic rings. The molecule has 0 saturated heterocycles. The maximum absolute atomic E-state index is 12.4. The van der Waals surface area contributed by atoms with Gasteiger partial charge in [-0.05, 0) is 6.92 Å². The number of rotatable bonds is 3. The highest BCUT2D eigenvalue weighted by molar-refractivity contribution is 6.07. The van der Waals surface area contributed by atoms with Gasteiger partial charge in [0, 0.05) is 0 Å². The Bertz CT molecular complexity index is 200. The van der Waals surface area contributed by atoms with Gasteiger partial charge in [-0.1, -0.05) is 0 Å². The molecule has 0 spiro atoms. The minimum Gasteiger partial charge on any atom is -0.464 e. The maximum atomic E-state index is 12.4. The Morgan fingerprint density at radius 1 is 1.42 bits per heavy atom. The SMILES string of the molecule is COC(=O)C(F)(F)C(=O)C(C)F. The second-order valence-electron chi connectivity index (χ2n) is 2.05. The van der Waals surface area contributed by atoms with Crippen LogP contribution in [0.1, 0.15) is 6.92 Å². The molecule has 0 bridgehead atoms. The van der Waals surface area contributed by atoms with Crippen LogP contribution in [0, 0.1) is 0 Å². The Balaban J connectivity index is 4.61. The number of ketones is 1. The van der Waals surface area contributed by atoms with Gasteiger partial charge in [-0.15, -0.1) is 0 Å². The fourth-order valence-electron chi connectivity index (χ4n) is 0.479. The van der Waals surface area contributed by atoms with Gasteiger partial charge in [0.25, 0.3) is 0 Å². The van der Waals surface area contributed by atoms with E-state index in [2.05, 4.69) is 4.74 Å². The molecule has 12 heavy (non-hydrogen) atoms. The summed E-state index contributed by atoms with van der Waals surface area (Å²) in [5, 5.41) is 0. The average molecular weight is 184 g/mol. The molecule has 0 rings (SSSR count). The van der Waals surface area contributed by atoms with Gasteiger partial charge in [-0.2, -0.15) is 8.78 Å². The van der Waals surface area contributed by atoms with Crippen LogP contribution in [0.5, 0.6) is 0 Å². The predicted molar refractivity (Wildman–Crippen MR) is 32.5 cm³/mol. The lowest BCUT2D eigenvalue weighted by Crippen LogP contribution is -2.42. The summed E-state index contributed by atoms with van der Waals surface area (Å²) in [7, 11) is 0.687. The van der Waals surface area contributed by atoms with E-state index in [0.29, 0.717) is 14.0 Å². The highest BCUT2D eigenvalue weighted by Gasteiger charge is 2.50. The third-order valence-electron chi connectivity index (χ3n) is 1.11. The van der Waals surface area contributed by atoms with E-state index >= 15 is 0 Å². The lowest BCUT2D eigenvalue weighted by Gasteiger charge is -2.12. The van der Waals surface area contributed by atoms with Crippen molar-refractivity contribution in [1.82, 2.24) is 0 Å². The molecule has 0 saturated carbocycles. The van der Waals surface area contributed by atoms with E-state index in [0.717, 1.165) is 0 Å². The summed E-state index contributed by atoms with van der Waals surface area (Å²) >= 11 is 0. The van der Waals surface area contributed by atoms with Crippen LogP contribution in [-0.2, 0) is 14.3 Å². The highest BCUT2D eigenvalue weighted by Crippen LogP contribution is 2.19. The van der Waals surface area contributed by atoms with E-state index in [1.54, 1.807) is 0 Å². The average Bonchev–Trinajstić information content (AvgIpc) is 2.01. The van der Waals surface area contributed by atoms with Crippen molar-refractivity contribution in [2.45, 2.75) is 19.0 Å². The molecule has 0 heterocycles. The van der Waals surface area contributed by atoms with Crippen molar-refractivity contribution in [1.29, 1.82) is 0 Å². The minimum absolute atomic E-state index is 0.624. The van der Waals surface area contributed by atoms with Gasteiger partial charge in [-0.25, -0.2) is 9.18 Å². The monoisotopic (exact) mass is 184 g/mol. The van der Waals surface area contributed by atoms with E-state index < -0.39 is 23.8 Å². The summed E-state index contributed by atoms with van der Waals surface area (Å²) in [6, 6.07) is 0. The van der Waals surface area contributed by atoms with Crippen molar-refractivity contribution in [2.24, 2.45) is 0 Å². The molecule has 3 nitrogen and oxygen atoms in total. The molecular formula is C6H7F3O3. The van der Waals surface area contributed by atoms with Gasteiger partial charge in [0.1, 0.15) is 0 Å². The number of alkyl halides is 3. The molecule has 0 aliphatic carbocycles. The number of halogens is 3. The molecular weight excluding hydrogens is 177 g/mol. The molecule has 0 aromatic carbocycles. The van der Waals surface area contributed by atoms with Crippen LogP contribution >= 0.6 is 0 Å². The number of Topliss-reactive ketones (excluding diaryl/α,β-unsaturated/α-hetero) is 1. The van der Waals surface area contributed by atoms with Crippen molar-refractivity contribution >= 4 is 11.8 Å². The Morgan fingerprint density at radius 3 is 2.08 bits per heavy atom. The first-order valence-electron chi connectivity index (χ1n) is 2.98. The van der Waals surface area contributed by atoms with Crippen LogP contribution in [0.25, 0.3) is 0 Å². The second-order valence-corrected chi connectivity index (χ2v) is 2.05. The molecule has 1 atom stereocenters. The largest absolute Gasteiger partial charge is 0.464 e. The summed E-state index contributed by atoms with van der Waals surface area (Å²) in [5.41, 5.74) is 0. The molecule has 70 valence electrons. The molecule has 0 aliphatic heterocycles. The van der Waals surface area contributed by atoms with Crippen molar-refractivity contribution in [3.63, 3.8) is 0 Å². The first-order valence-corrected chi connectivity index (χ1v) is 2.98. The van der Waals surface area contributed by atoms with Crippen LogP contribution in [0.3, 0.4) is 0 Å². The zero-order valence-electron chi connectivity index (χ0n) is 6.44. The molecule has 0 radical (unpaired) electrons. The molecule has 0 amide bonds. The van der Waals surface area contributed by atoms with Crippen LogP contribution in [0.4, 0.5) is 13.2 Å². The Labute approximate surface area is 66.5 Å². The lowest BCUT2D eigenvalue weighted by atomic mass is 10.1. The third-order valence-corrected chi connectivity index (χ3v) is 1.11. The fourth-order valence-corrected chi connectivity index (χ4v) is 0.479. The normalized spacial score (nSPS) is 13.8. The van der Waals surface area contributed by atoms with E-state index in [1.807, 2.05) is 0 Å². The fraction of sp³-hybridized carbons (Fsp3) is 0.667. The number of methoxy groups -OCH3 is 1. The smallest absolute Gasteiger partial charge is 0.402 e. The maximum Gasteiger partial charge on any atom is 0.402 e. The first kappa shape index (κ1) is 10.9. The van der Waals surface area contributed by atoms with Crippen LogP contribution < -0.4 is 0 Å². The van der Waals surface area contributed by atoms with Gasteiger partial charge in [0.2, 0.25) is 5.78 Å². The molecule has 1 unspecified atom stereocenters. The van der Waals surface area contributed by atoms with Crippen LogP contribution in [0.15, 0.2) is 0 Å². The topological polar surface area (TPSA) is 43.4 Å². The second kappa shape index (κ2) is 3.55. The van der Waals surface area contributed by atoms with Gasteiger partial charge in [0.05, 0.1) is 7.11 Å². The number of carbonyl (C=O) groups is 2. The van der Waals surface area contributed by atoms with E-state index in [4.69, 9.17) is 0 Å². The number of hydrogen-bond acceptors (Lipinski definition) is 3. The Kier molecular flexibility index (Phi) is 3.24. The minimum atomic E-state index is -4.39. The van der Waals surface area contributed by atoms with Gasteiger partial charge in [-0.3, -0.25) is 4.79 Å². The van der Waals surface area contributed by atoms with Crippen LogP contribution in [-0.4, -0.2) is 31.0 Å². The van der Waals surface area contributed by atoms with E-state index in [9.17, 15) is 22.8 Å².